The second kappa shape index (κ2) is 9.75. The predicted molar refractivity (Wildman–Crippen MR) is 136 cm³/mol. The van der Waals surface area contributed by atoms with Crippen LogP contribution in [0, 0.1) is 17.6 Å². The summed E-state index contributed by atoms with van der Waals surface area (Å²) >= 11 is 31.0. The maximum Gasteiger partial charge on any atom is 0.231 e. The molecule has 1 fully saturated rings. The van der Waals surface area contributed by atoms with Crippen LogP contribution in [0.1, 0.15) is 27.4 Å². The van der Waals surface area contributed by atoms with Gasteiger partial charge in [-0.25, -0.2) is 8.78 Å². The SMILES string of the molecule is Nc1ccc(F)c(CC(=O)c2cc(NC(=O)[C@H]3[C@H](c4cc(Cl)cc(Cl)c4)C3(Cl)Cl)ccc2Cl)c1F. The molecule has 1 saturated carbocycles. The fourth-order valence-electron chi connectivity index (χ4n) is 3.89. The van der Waals surface area contributed by atoms with E-state index in [1.165, 1.54) is 18.2 Å². The Kier molecular flexibility index (Phi) is 7.24. The van der Waals surface area contributed by atoms with Crippen molar-refractivity contribution >= 4 is 81.1 Å². The highest BCUT2D eigenvalue weighted by molar-refractivity contribution is 6.53. The number of rotatable bonds is 6. The normalized spacial score (nSPS) is 18.3. The highest BCUT2D eigenvalue weighted by Gasteiger charge is 2.67. The monoisotopic (exact) mass is 576 g/mol. The van der Waals surface area contributed by atoms with E-state index in [-0.39, 0.29) is 22.0 Å². The summed E-state index contributed by atoms with van der Waals surface area (Å²) in [6.45, 7) is 0. The number of nitrogens with two attached hydrogens (primary N) is 1. The van der Waals surface area contributed by atoms with Crippen molar-refractivity contribution in [3.63, 3.8) is 0 Å². The van der Waals surface area contributed by atoms with Gasteiger partial charge in [0.1, 0.15) is 10.2 Å². The van der Waals surface area contributed by atoms with Gasteiger partial charge in [0.05, 0.1) is 16.6 Å². The van der Waals surface area contributed by atoms with Crippen molar-refractivity contribution in [1.82, 2.24) is 0 Å². The first-order chi connectivity index (χ1) is 16.4. The number of anilines is 2. The zero-order chi connectivity index (χ0) is 25.7. The average molecular weight is 579 g/mol. The Bertz CT molecular complexity index is 1350. The molecule has 182 valence electrons. The van der Waals surface area contributed by atoms with Crippen molar-refractivity contribution in [2.24, 2.45) is 5.92 Å². The fourth-order valence-corrected chi connectivity index (χ4v) is 5.49. The van der Waals surface area contributed by atoms with Gasteiger partial charge in [-0.05, 0) is 54.1 Å². The van der Waals surface area contributed by atoms with E-state index in [1.807, 2.05) is 0 Å². The summed E-state index contributed by atoms with van der Waals surface area (Å²) in [5.41, 5.74) is 5.50. The van der Waals surface area contributed by atoms with E-state index in [9.17, 15) is 18.4 Å². The molecule has 0 radical (unpaired) electrons. The highest BCUT2D eigenvalue weighted by atomic mass is 35.5. The van der Waals surface area contributed by atoms with Gasteiger partial charge < -0.3 is 11.1 Å². The molecule has 2 atom stereocenters. The third-order valence-corrected chi connectivity index (χ3v) is 7.37. The van der Waals surface area contributed by atoms with Gasteiger partial charge >= 0.3 is 0 Å². The zero-order valence-corrected chi connectivity index (χ0v) is 21.3. The maximum atomic E-state index is 14.2. The molecule has 3 N–H and O–H groups in total. The number of benzene rings is 3. The molecule has 3 aromatic rings. The first kappa shape index (κ1) is 26.0. The second-order valence-electron chi connectivity index (χ2n) is 8.05. The lowest BCUT2D eigenvalue weighted by atomic mass is 10.0. The Hall–Kier alpha value is -2.09. The van der Waals surface area contributed by atoms with Gasteiger partial charge in [-0.15, -0.1) is 23.2 Å². The van der Waals surface area contributed by atoms with E-state index in [2.05, 4.69) is 5.32 Å². The molecule has 35 heavy (non-hydrogen) atoms. The molecule has 1 amide bonds. The van der Waals surface area contributed by atoms with Crippen LogP contribution in [0.4, 0.5) is 20.2 Å². The molecular weight excluding hydrogens is 564 g/mol. The zero-order valence-electron chi connectivity index (χ0n) is 17.5. The quantitative estimate of drug-likeness (QED) is 0.181. The number of nitrogen functional groups attached to an aromatic ring is 1. The largest absolute Gasteiger partial charge is 0.396 e. The van der Waals surface area contributed by atoms with Gasteiger partial charge in [0.15, 0.2) is 11.6 Å². The molecule has 0 aromatic heterocycles. The summed E-state index contributed by atoms with van der Waals surface area (Å²) < 4.78 is 26.9. The number of amides is 1. The Morgan fingerprint density at radius 2 is 1.63 bits per heavy atom. The molecule has 4 rings (SSSR count). The third-order valence-electron chi connectivity index (χ3n) is 5.67. The number of hydrogen-bond acceptors (Lipinski definition) is 3. The molecule has 1 aliphatic carbocycles. The van der Waals surface area contributed by atoms with Gasteiger partial charge in [-0.3, -0.25) is 9.59 Å². The van der Waals surface area contributed by atoms with Crippen molar-refractivity contribution in [2.75, 3.05) is 11.1 Å². The summed E-state index contributed by atoms with van der Waals surface area (Å²) in [6, 6.07) is 11.0. The highest BCUT2D eigenvalue weighted by Crippen LogP contribution is 2.65. The molecule has 11 heteroatoms. The average Bonchev–Trinajstić information content (AvgIpc) is 3.36. The first-order valence-corrected chi connectivity index (χ1v) is 12.0. The van der Waals surface area contributed by atoms with Crippen LogP contribution >= 0.6 is 58.0 Å². The predicted octanol–water partition coefficient (Wildman–Crippen LogP) is 7.46. The standard InChI is InChI=1S/C24H15Cl5F2N2O2/c25-11-5-10(6-12(26)7-11)20-21(24(20,28)29)23(35)33-13-1-2-16(27)14(8-13)19(34)9-15-17(30)3-4-18(32)22(15)31/h1-8,20-21H,9,32H2,(H,33,35)/t20-,21+/m0/s1. The first-order valence-electron chi connectivity index (χ1n) is 10.1. The van der Waals surface area contributed by atoms with Gasteiger partial charge in [-0.1, -0.05) is 34.8 Å². The molecule has 1 aliphatic rings. The maximum absolute atomic E-state index is 14.2. The molecule has 0 aliphatic heterocycles. The van der Waals surface area contributed by atoms with E-state index in [0.29, 0.717) is 15.6 Å². The minimum absolute atomic E-state index is 0.0392. The van der Waals surface area contributed by atoms with Crippen LogP contribution in [0.3, 0.4) is 0 Å². The van der Waals surface area contributed by atoms with Crippen LogP contribution in [0.2, 0.25) is 15.1 Å². The Labute approximate surface area is 224 Å². The Morgan fingerprint density at radius 1 is 0.971 bits per heavy atom. The van der Waals surface area contributed by atoms with Crippen molar-refractivity contribution in [3.8, 4) is 0 Å². The van der Waals surface area contributed by atoms with Gasteiger partial charge in [0, 0.05) is 39.2 Å². The fraction of sp³-hybridized carbons (Fsp3) is 0.167. The summed E-state index contributed by atoms with van der Waals surface area (Å²) in [7, 11) is 0. The molecule has 0 spiro atoms. The molecule has 0 bridgehead atoms. The second-order valence-corrected chi connectivity index (χ2v) is 10.8. The van der Waals surface area contributed by atoms with Crippen molar-refractivity contribution < 1.29 is 18.4 Å². The number of ketones is 1. The molecule has 0 heterocycles. The topological polar surface area (TPSA) is 72.2 Å². The lowest BCUT2D eigenvalue weighted by Gasteiger charge is -2.10. The molecule has 3 aromatic carbocycles. The number of nitrogens with one attached hydrogen (secondary N) is 1. The van der Waals surface area contributed by atoms with Crippen LogP contribution < -0.4 is 11.1 Å². The molecule has 0 saturated heterocycles. The van der Waals surface area contributed by atoms with E-state index in [0.717, 1.165) is 12.1 Å². The van der Waals surface area contributed by atoms with E-state index >= 15 is 0 Å². The smallest absolute Gasteiger partial charge is 0.231 e. The van der Waals surface area contributed by atoms with Gasteiger partial charge in [0.25, 0.3) is 0 Å². The summed E-state index contributed by atoms with van der Waals surface area (Å²) in [5, 5.41) is 3.44. The minimum atomic E-state index is -1.40. The molecular formula is C24H15Cl5F2N2O2. The van der Waals surface area contributed by atoms with Crippen LogP contribution in [0.15, 0.2) is 48.5 Å². The van der Waals surface area contributed by atoms with Crippen LogP contribution in [-0.4, -0.2) is 16.0 Å². The molecule has 0 unspecified atom stereocenters. The number of carbonyl (C=O) groups is 2. The Morgan fingerprint density at radius 3 is 2.29 bits per heavy atom. The van der Waals surface area contributed by atoms with Crippen molar-refractivity contribution in [3.05, 3.63) is 91.9 Å². The van der Waals surface area contributed by atoms with Gasteiger partial charge in [-0.2, -0.15) is 0 Å². The number of hydrogen-bond donors (Lipinski definition) is 2. The van der Waals surface area contributed by atoms with Crippen LogP contribution in [-0.2, 0) is 11.2 Å². The number of carbonyl (C=O) groups excluding carboxylic acids is 2. The Balaban J connectivity index is 1.54. The van der Waals surface area contributed by atoms with E-state index in [1.54, 1.807) is 18.2 Å². The van der Waals surface area contributed by atoms with Crippen LogP contribution in [0.5, 0.6) is 0 Å². The number of alkyl halides is 2. The lowest BCUT2D eigenvalue weighted by Crippen LogP contribution is -2.17. The third kappa shape index (κ3) is 5.23. The summed E-state index contributed by atoms with van der Waals surface area (Å²) in [5.74, 6) is -4.50. The van der Waals surface area contributed by atoms with E-state index in [4.69, 9.17) is 63.7 Å². The summed E-state index contributed by atoms with van der Waals surface area (Å²) in [6.07, 6.45) is -0.619. The van der Waals surface area contributed by atoms with Crippen molar-refractivity contribution in [1.29, 1.82) is 0 Å². The lowest BCUT2D eigenvalue weighted by molar-refractivity contribution is -0.117. The minimum Gasteiger partial charge on any atom is -0.396 e. The number of halogens is 7. The van der Waals surface area contributed by atoms with Crippen LogP contribution in [0.25, 0.3) is 0 Å². The van der Waals surface area contributed by atoms with Gasteiger partial charge in [0.2, 0.25) is 5.91 Å². The summed E-state index contributed by atoms with van der Waals surface area (Å²) in [4.78, 5) is 25.8. The number of Topliss-reactive ketones (excluding diaryl/α,β-unsaturated/α-hetero) is 1. The van der Waals surface area contributed by atoms with E-state index < -0.39 is 51.5 Å². The van der Waals surface area contributed by atoms with Crippen molar-refractivity contribution in [2.45, 2.75) is 16.7 Å². The molecule has 4 nitrogen and oxygen atoms in total.